The fourth-order valence-corrected chi connectivity index (χ4v) is 1.85. The fourth-order valence-electron chi connectivity index (χ4n) is 1.85. The van der Waals surface area contributed by atoms with Crippen molar-refractivity contribution in [3.63, 3.8) is 0 Å². The second kappa shape index (κ2) is 5.59. The van der Waals surface area contributed by atoms with Crippen molar-refractivity contribution >= 4 is 0 Å². The lowest BCUT2D eigenvalue weighted by Gasteiger charge is -2.10. The lowest BCUT2D eigenvalue weighted by Crippen LogP contribution is -2.15. The van der Waals surface area contributed by atoms with Crippen LogP contribution in [0.1, 0.15) is 25.1 Å². The van der Waals surface area contributed by atoms with Crippen molar-refractivity contribution < 1.29 is 0 Å². The summed E-state index contributed by atoms with van der Waals surface area (Å²) in [6.45, 7) is 5.98. The highest BCUT2D eigenvalue weighted by Crippen LogP contribution is 2.15. The van der Waals surface area contributed by atoms with Crippen LogP contribution in [0.5, 0.6) is 0 Å². The van der Waals surface area contributed by atoms with Crippen LogP contribution >= 0.6 is 0 Å². The lowest BCUT2D eigenvalue weighted by atomic mass is 10.1. The summed E-state index contributed by atoms with van der Waals surface area (Å²) >= 11 is 0. The number of aromatic nitrogens is 3. The molecule has 4 heteroatoms. The fraction of sp³-hybridized carbons (Fsp3) is 0.385. The van der Waals surface area contributed by atoms with E-state index in [9.17, 15) is 0 Å². The Morgan fingerprint density at radius 1 is 1.24 bits per heavy atom. The van der Waals surface area contributed by atoms with Crippen molar-refractivity contribution in [3.05, 3.63) is 41.7 Å². The predicted octanol–water partition coefficient (Wildman–Crippen LogP) is 1.94. The predicted molar refractivity (Wildman–Crippen MR) is 68.1 cm³/mol. The number of hydrogen-bond donors (Lipinski definition) is 1. The Labute approximate surface area is 102 Å². The van der Waals surface area contributed by atoms with Crippen molar-refractivity contribution in [2.24, 2.45) is 0 Å². The van der Waals surface area contributed by atoms with E-state index < -0.39 is 0 Å². The summed E-state index contributed by atoms with van der Waals surface area (Å²) in [5.74, 6) is 0. The third-order valence-electron chi connectivity index (χ3n) is 2.78. The normalized spacial score (nSPS) is 10.7. The molecule has 0 radical (unpaired) electrons. The summed E-state index contributed by atoms with van der Waals surface area (Å²) in [7, 11) is 0. The molecule has 90 valence electrons. The summed E-state index contributed by atoms with van der Waals surface area (Å²) in [5, 5.41) is 11.5. The number of para-hydroxylation sites is 1. The van der Waals surface area contributed by atoms with Crippen LogP contribution in [0.25, 0.3) is 5.69 Å². The van der Waals surface area contributed by atoms with Gasteiger partial charge >= 0.3 is 0 Å². The number of rotatable bonds is 5. The third kappa shape index (κ3) is 2.53. The van der Waals surface area contributed by atoms with Gasteiger partial charge in [-0.3, -0.25) is 0 Å². The van der Waals surface area contributed by atoms with Crippen molar-refractivity contribution in [2.45, 2.75) is 26.8 Å². The minimum absolute atomic E-state index is 0.793. The Morgan fingerprint density at radius 3 is 2.82 bits per heavy atom. The van der Waals surface area contributed by atoms with Crippen LogP contribution in [0, 0.1) is 0 Å². The number of benzene rings is 1. The molecule has 1 N–H and O–H groups in total. The Bertz CT molecular complexity index is 476. The molecule has 0 amide bonds. The van der Waals surface area contributed by atoms with Gasteiger partial charge in [-0.05, 0) is 24.6 Å². The van der Waals surface area contributed by atoms with Crippen molar-refractivity contribution in [1.29, 1.82) is 0 Å². The Balaban J connectivity index is 2.35. The van der Waals surface area contributed by atoms with E-state index in [1.165, 1.54) is 5.56 Å². The molecular formula is C13H18N4. The number of nitrogens with one attached hydrogen (secondary N) is 1. The average Bonchev–Trinajstić information content (AvgIpc) is 2.84. The van der Waals surface area contributed by atoms with E-state index in [1.807, 2.05) is 16.9 Å². The molecule has 1 aromatic heterocycles. The zero-order valence-corrected chi connectivity index (χ0v) is 10.3. The van der Waals surface area contributed by atoms with Crippen LogP contribution in [-0.4, -0.2) is 21.5 Å². The van der Waals surface area contributed by atoms with Crippen LogP contribution in [0.3, 0.4) is 0 Å². The molecule has 1 heterocycles. The van der Waals surface area contributed by atoms with Gasteiger partial charge in [0.05, 0.1) is 17.6 Å². The molecule has 0 aliphatic heterocycles. The molecule has 2 aromatic rings. The van der Waals surface area contributed by atoms with Gasteiger partial charge in [0.1, 0.15) is 0 Å². The third-order valence-corrected chi connectivity index (χ3v) is 2.78. The first-order chi connectivity index (χ1) is 8.36. The summed E-state index contributed by atoms with van der Waals surface area (Å²) < 4.78 is 1.92. The molecule has 17 heavy (non-hydrogen) atoms. The second-order valence-electron chi connectivity index (χ2n) is 3.90. The van der Waals surface area contributed by atoms with Gasteiger partial charge in [0, 0.05) is 6.54 Å². The monoisotopic (exact) mass is 230 g/mol. The van der Waals surface area contributed by atoms with Crippen LogP contribution in [0.2, 0.25) is 0 Å². The topological polar surface area (TPSA) is 42.7 Å². The maximum atomic E-state index is 4.17. The van der Waals surface area contributed by atoms with Gasteiger partial charge in [0.15, 0.2) is 0 Å². The van der Waals surface area contributed by atoms with Gasteiger partial charge in [0.25, 0.3) is 0 Å². The second-order valence-corrected chi connectivity index (χ2v) is 3.90. The molecule has 0 fully saturated rings. The summed E-state index contributed by atoms with van der Waals surface area (Å²) in [5.41, 5.74) is 3.50. The molecule has 0 bridgehead atoms. The zero-order valence-electron chi connectivity index (χ0n) is 10.3. The Hall–Kier alpha value is -1.68. The van der Waals surface area contributed by atoms with E-state index in [0.717, 1.165) is 30.9 Å². The standard InChI is InChI=1S/C13H18N4/c1-3-11-7-5-6-8-13(11)17-12(9-14-4-2)10-15-16-17/h5-8,10,14H,3-4,9H2,1-2H3. The summed E-state index contributed by atoms with van der Waals surface area (Å²) in [4.78, 5) is 0. The molecular weight excluding hydrogens is 212 g/mol. The molecule has 1 aromatic carbocycles. The van der Waals surface area contributed by atoms with Crippen molar-refractivity contribution in [1.82, 2.24) is 20.3 Å². The largest absolute Gasteiger partial charge is 0.311 e. The Morgan fingerprint density at radius 2 is 2.06 bits per heavy atom. The SMILES string of the molecule is CCNCc1cnnn1-c1ccccc1CC. The first kappa shape index (κ1) is 11.8. The maximum absolute atomic E-state index is 4.17. The van der Waals surface area contributed by atoms with E-state index in [-0.39, 0.29) is 0 Å². The molecule has 0 spiro atoms. The number of hydrogen-bond acceptors (Lipinski definition) is 3. The molecule has 0 aliphatic rings. The van der Waals surface area contributed by atoms with Crippen LogP contribution in [0.15, 0.2) is 30.5 Å². The number of nitrogens with zero attached hydrogens (tertiary/aromatic N) is 3. The van der Waals surface area contributed by atoms with Crippen LogP contribution in [-0.2, 0) is 13.0 Å². The first-order valence-corrected chi connectivity index (χ1v) is 6.05. The molecule has 4 nitrogen and oxygen atoms in total. The average molecular weight is 230 g/mol. The van der Waals surface area contributed by atoms with Gasteiger partial charge in [-0.2, -0.15) is 0 Å². The minimum Gasteiger partial charge on any atom is -0.311 e. The molecule has 0 saturated heterocycles. The van der Waals surface area contributed by atoms with E-state index in [4.69, 9.17) is 0 Å². The summed E-state index contributed by atoms with van der Waals surface area (Å²) in [6.07, 6.45) is 2.81. The molecule has 2 rings (SSSR count). The zero-order chi connectivity index (χ0) is 12.1. The van der Waals surface area contributed by atoms with E-state index >= 15 is 0 Å². The van der Waals surface area contributed by atoms with Gasteiger partial charge in [-0.15, -0.1) is 5.10 Å². The maximum Gasteiger partial charge on any atom is 0.0783 e. The van der Waals surface area contributed by atoms with Crippen LogP contribution < -0.4 is 5.32 Å². The Kier molecular flexibility index (Phi) is 3.88. The molecule has 0 aliphatic carbocycles. The van der Waals surface area contributed by atoms with Gasteiger partial charge in [-0.25, -0.2) is 4.68 Å². The lowest BCUT2D eigenvalue weighted by molar-refractivity contribution is 0.670. The smallest absolute Gasteiger partial charge is 0.0783 e. The highest BCUT2D eigenvalue weighted by Gasteiger charge is 2.08. The van der Waals surface area contributed by atoms with Crippen molar-refractivity contribution in [3.8, 4) is 5.69 Å². The van der Waals surface area contributed by atoms with E-state index in [1.54, 1.807) is 0 Å². The first-order valence-electron chi connectivity index (χ1n) is 6.05. The number of aryl methyl sites for hydroxylation is 1. The highest BCUT2D eigenvalue weighted by atomic mass is 15.4. The molecule has 0 atom stereocenters. The van der Waals surface area contributed by atoms with Gasteiger partial charge in [0.2, 0.25) is 0 Å². The van der Waals surface area contributed by atoms with Gasteiger partial charge < -0.3 is 5.32 Å². The van der Waals surface area contributed by atoms with E-state index in [0.29, 0.717) is 0 Å². The quantitative estimate of drug-likeness (QED) is 0.853. The van der Waals surface area contributed by atoms with E-state index in [2.05, 4.69) is 47.7 Å². The summed E-state index contributed by atoms with van der Waals surface area (Å²) in [6, 6.07) is 8.31. The molecule has 0 unspecified atom stereocenters. The minimum atomic E-state index is 0.793. The van der Waals surface area contributed by atoms with Crippen molar-refractivity contribution in [2.75, 3.05) is 6.54 Å². The molecule has 0 saturated carbocycles. The van der Waals surface area contributed by atoms with Crippen LogP contribution in [0.4, 0.5) is 0 Å². The highest BCUT2D eigenvalue weighted by molar-refractivity contribution is 5.41. The van der Waals surface area contributed by atoms with Gasteiger partial charge in [-0.1, -0.05) is 37.3 Å².